The molecule has 0 saturated heterocycles. The predicted molar refractivity (Wildman–Crippen MR) is 106 cm³/mol. The second-order valence-corrected chi connectivity index (χ2v) is 11.2. The maximum Gasteiger partial charge on any atom is 0.426 e. The van der Waals surface area contributed by atoms with E-state index in [9.17, 15) is 31.4 Å². The van der Waals surface area contributed by atoms with Crippen molar-refractivity contribution in [2.24, 2.45) is 40.4 Å². The Balaban J connectivity index is 2.42. The lowest BCUT2D eigenvalue weighted by atomic mass is 9.54. The van der Waals surface area contributed by atoms with Crippen molar-refractivity contribution in [3.8, 4) is 0 Å². The molecule has 0 spiro atoms. The first-order valence-electron chi connectivity index (χ1n) is 11.3. The summed E-state index contributed by atoms with van der Waals surface area (Å²) in [5, 5.41) is 9.83. The van der Waals surface area contributed by atoms with Gasteiger partial charge in [0.1, 0.15) is 0 Å². The summed E-state index contributed by atoms with van der Waals surface area (Å²) in [6, 6.07) is 0. The van der Waals surface area contributed by atoms with E-state index in [2.05, 4.69) is 41.5 Å². The molecule has 0 aromatic rings. The maximum atomic E-state index is 13.3. The van der Waals surface area contributed by atoms with Crippen molar-refractivity contribution < 1.29 is 31.4 Å². The Labute approximate surface area is 177 Å². The third-order valence-corrected chi connectivity index (χ3v) is 8.23. The van der Waals surface area contributed by atoms with Gasteiger partial charge in [0.05, 0.1) is 0 Å². The Bertz CT molecular complexity index is 577. The summed E-state index contributed by atoms with van der Waals surface area (Å²) < 4.78 is 80.1. The molecule has 2 aliphatic rings. The van der Waals surface area contributed by atoms with E-state index in [1.807, 2.05) is 0 Å². The van der Waals surface area contributed by atoms with Crippen LogP contribution in [0.3, 0.4) is 0 Å². The number of hydrogen-bond donors (Lipinski definition) is 1. The molecular formula is C23H38F6O. The number of rotatable bonds is 8. The first-order chi connectivity index (χ1) is 13.4. The van der Waals surface area contributed by atoms with Crippen LogP contribution in [-0.2, 0) is 0 Å². The highest BCUT2D eigenvalue weighted by molar-refractivity contribution is 5.10. The molecule has 0 heterocycles. The van der Waals surface area contributed by atoms with Crippen molar-refractivity contribution in [1.29, 1.82) is 0 Å². The van der Waals surface area contributed by atoms with Crippen LogP contribution in [0.15, 0.2) is 0 Å². The van der Waals surface area contributed by atoms with Crippen LogP contribution >= 0.6 is 0 Å². The molecule has 2 fully saturated rings. The highest BCUT2D eigenvalue weighted by atomic mass is 19.4. The van der Waals surface area contributed by atoms with E-state index in [0.29, 0.717) is 12.8 Å². The lowest BCUT2D eigenvalue weighted by Gasteiger charge is -2.51. The molecule has 30 heavy (non-hydrogen) atoms. The first kappa shape index (κ1) is 25.8. The standard InChI is InChI=1S/C23H38F6O/c1-7-9-19(3,4)17-14-11-15(13-21(30,22(24,25)26)23(27,28)29)16(12-14)18(17)20(5,6)10-8-2/h14-18,30H,7-13H2,1-6H3. The topological polar surface area (TPSA) is 20.2 Å². The number of alkyl halides is 6. The van der Waals surface area contributed by atoms with Gasteiger partial charge in [0, 0.05) is 0 Å². The molecule has 5 unspecified atom stereocenters. The van der Waals surface area contributed by atoms with Crippen LogP contribution in [0.1, 0.15) is 86.5 Å². The third-order valence-electron chi connectivity index (χ3n) is 8.23. The molecule has 7 heteroatoms. The van der Waals surface area contributed by atoms with Crippen LogP contribution in [-0.4, -0.2) is 23.1 Å². The zero-order valence-electron chi connectivity index (χ0n) is 19.1. The zero-order valence-corrected chi connectivity index (χ0v) is 19.1. The summed E-state index contributed by atoms with van der Waals surface area (Å²) in [6.07, 6.45) is -7.95. The van der Waals surface area contributed by atoms with Crippen LogP contribution in [0.5, 0.6) is 0 Å². The molecule has 2 saturated carbocycles. The van der Waals surface area contributed by atoms with E-state index < -0.39 is 30.3 Å². The van der Waals surface area contributed by atoms with Gasteiger partial charge in [0.25, 0.3) is 5.60 Å². The summed E-state index contributed by atoms with van der Waals surface area (Å²) >= 11 is 0. The van der Waals surface area contributed by atoms with Gasteiger partial charge in [-0.25, -0.2) is 0 Å². The molecule has 0 radical (unpaired) electrons. The van der Waals surface area contributed by atoms with Crippen LogP contribution in [0.2, 0.25) is 0 Å². The van der Waals surface area contributed by atoms with Crippen molar-refractivity contribution in [2.75, 3.05) is 0 Å². The van der Waals surface area contributed by atoms with Gasteiger partial charge < -0.3 is 5.11 Å². The highest BCUT2D eigenvalue weighted by Crippen LogP contribution is 2.67. The first-order valence-corrected chi connectivity index (χ1v) is 11.3. The smallest absolute Gasteiger partial charge is 0.374 e. The molecule has 1 nitrogen and oxygen atoms in total. The van der Waals surface area contributed by atoms with Gasteiger partial charge in [-0.3, -0.25) is 0 Å². The highest BCUT2D eigenvalue weighted by Gasteiger charge is 2.72. The van der Waals surface area contributed by atoms with Gasteiger partial charge in [0.15, 0.2) is 0 Å². The monoisotopic (exact) mass is 444 g/mol. The fraction of sp³-hybridized carbons (Fsp3) is 1.00. The van der Waals surface area contributed by atoms with E-state index in [4.69, 9.17) is 0 Å². The molecule has 0 aromatic carbocycles. The van der Waals surface area contributed by atoms with Crippen molar-refractivity contribution in [3.05, 3.63) is 0 Å². The lowest BCUT2D eigenvalue weighted by molar-refractivity contribution is -0.373. The average molecular weight is 445 g/mol. The molecule has 2 bridgehead atoms. The Morgan fingerprint density at radius 2 is 1.17 bits per heavy atom. The van der Waals surface area contributed by atoms with Crippen molar-refractivity contribution in [2.45, 2.75) is 104 Å². The van der Waals surface area contributed by atoms with Gasteiger partial charge >= 0.3 is 12.4 Å². The normalized spacial score (nSPS) is 30.9. The van der Waals surface area contributed by atoms with E-state index >= 15 is 0 Å². The van der Waals surface area contributed by atoms with Gasteiger partial charge in [-0.1, -0.05) is 54.4 Å². The molecule has 178 valence electrons. The van der Waals surface area contributed by atoms with E-state index in [0.717, 1.165) is 25.7 Å². The molecule has 0 aromatic heterocycles. The Morgan fingerprint density at radius 1 is 0.733 bits per heavy atom. The van der Waals surface area contributed by atoms with Gasteiger partial charge in [-0.15, -0.1) is 0 Å². The van der Waals surface area contributed by atoms with Gasteiger partial charge in [0.2, 0.25) is 0 Å². The van der Waals surface area contributed by atoms with Crippen LogP contribution in [0, 0.1) is 40.4 Å². The average Bonchev–Trinajstić information content (AvgIpc) is 3.10. The fourth-order valence-corrected chi connectivity index (χ4v) is 7.31. The largest absolute Gasteiger partial charge is 0.426 e. The van der Waals surface area contributed by atoms with Crippen molar-refractivity contribution in [3.63, 3.8) is 0 Å². The molecule has 5 atom stereocenters. The zero-order chi connectivity index (χ0) is 23.3. The van der Waals surface area contributed by atoms with Crippen LogP contribution in [0.25, 0.3) is 0 Å². The van der Waals surface area contributed by atoms with Crippen LogP contribution < -0.4 is 0 Å². The minimum absolute atomic E-state index is 0.0147. The molecule has 0 amide bonds. The molecule has 2 aliphatic carbocycles. The number of aliphatic hydroxyl groups is 1. The Kier molecular flexibility index (Phi) is 7.01. The van der Waals surface area contributed by atoms with E-state index in [1.165, 1.54) is 0 Å². The minimum atomic E-state index is -5.73. The second kappa shape index (κ2) is 8.15. The molecular weight excluding hydrogens is 406 g/mol. The van der Waals surface area contributed by atoms with E-state index in [1.54, 1.807) is 0 Å². The summed E-state index contributed by atoms with van der Waals surface area (Å²) in [6.45, 7) is 12.8. The predicted octanol–water partition coefficient (Wildman–Crippen LogP) is 7.77. The van der Waals surface area contributed by atoms with Crippen LogP contribution in [0.4, 0.5) is 26.3 Å². The van der Waals surface area contributed by atoms with Crippen molar-refractivity contribution >= 4 is 0 Å². The van der Waals surface area contributed by atoms with Gasteiger partial charge in [-0.2, -0.15) is 26.3 Å². The Morgan fingerprint density at radius 3 is 1.57 bits per heavy atom. The second-order valence-electron chi connectivity index (χ2n) is 11.2. The van der Waals surface area contributed by atoms with E-state index in [-0.39, 0.29) is 34.5 Å². The SMILES string of the molecule is CCCC(C)(C)C1C2CC(CC(O)(C(F)(F)F)C(F)(F)F)C(C2)C1C(C)(C)CCC. The third kappa shape index (κ3) is 4.38. The summed E-state index contributed by atoms with van der Waals surface area (Å²) in [5.41, 5.74) is -4.82. The summed E-state index contributed by atoms with van der Waals surface area (Å²) in [4.78, 5) is 0. The summed E-state index contributed by atoms with van der Waals surface area (Å²) in [5.74, 6) is -0.515. The number of halogens is 6. The number of hydrogen-bond acceptors (Lipinski definition) is 1. The maximum absolute atomic E-state index is 13.3. The quantitative estimate of drug-likeness (QED) is 0.379. The van der Waals surface area contributed by atoms with Crippen molar-refractivity contribution in [1.82, 2.24) is 0 Å². The lowest BCUT2D eigenvalue weighted by Crippen LogP contribution is -2.58. The molecule has 0 aliphatic heterocycles. The number of fused-ring (bicyclic) bond motifs is 2. The molecule has 2 rings (SSSR count). The Hall–Kier alpha value is -0.460. The molecule has 1 N–H and O–H groups in total. The minimum Gasteiger partial charge on any atom is -0.374 e. The fourth-order valence-electron chi connectivity index (χ4n) is 7.31. The van der Waals surface area contributed by atoms with Gasteiger partial charge in [-0.05, 0) is 72.5 Å². The summed E-state index contributed by atoms with van der Waals surface area (Å²) in [7, 11) is 0.